The average Bonchev–Trinajstić information content (AvgIpc) is 3.05. The van der Waals surface area contributed by atoms with E-state index in [0.29, 0.717) is 10.8 Å². The van der Waals surface area contributed by atoms with E-state index in [1.54, 1.807) is 12.1 Å². The molecule has 0 atom stereocenters. The zero-order valence-electron chi connectivity index (χ0n) is 12.8. The predicted molar refractivity (Wildman–Crippen MR) is 101 cm³/mol. The fourth-order valence-electron chi connectivity index (χ4n) is 1.94. The molecule has 0 aliphatic rings. The maximum Gasteiger partial charge on any atom is 0.235 e. The van der Waals surface area contributed by atoms with Crippen LogP contribution < -0.4 is 5.32 Å². The maximum absolute atomic E-state index is 12.0. The topological polar surface area (TPSA) is 54.9 Å². The van der Waals surface area contributed by atoms with E-state index in [0.717, 1.165) is 15.6 Å². The van der Waals surface area contributed by atoms with E-state index in [9.17, 15) is 4.79 Å². The predicted octanol–water partition coefficient (Wildman–Crippen LogP) is 4.90. The Labute approximate surface area is 153 Å². The van der Waals surface area contributed by atoms with Crippen LogP contribution in [0, 0.1) is 6.92 Å². The molecule has 4 nitrogen and oxygen atoms in total. The molecule has 0 spiro atoms. The molecule has 0 aliphatic heterocycles. The lowest BCUT2D eigenvalue weighted by atomic mass is 10.1. The van der Waals surface area contributed by atoms with Crippen molar-refractivity contribution in [1.29, 1.82) is 0 Å². The zero-order chi connectivity index (χ0) is 16.9. The summed E-state index contributed by atoms with van der Waals surface area (Å²) in [6, 6.07) is 11.6. The molecule has 2 heterocycles. The van der Waals surface area contributed by atoms with Crippen LogP contribution in [0.4, 0.5) is 5.82 Å². The van der Waals surface area contributed by atoms with Crippen molar-refractivity contribution in [2.24, 2.45) is 0 Å². The number of thiazole rings is 1. The second-order valence-corrected chi connectivity index (χ2v) is 7.58. The summed E-state index contributed by atoms with van der Waals surface area (Å²) in [7, 11) is 0. The van der Waals surface area contributed by atoms with Crippen molar-refractivity contribution in [1.82, 2.24) is 9.97 Å². The van der Waals surface area contributed by atoms with Crippen molar-refractivity contribution < 1.29 is 4.79 Å². The summed E-state index contributed by atoms with van der Waals surface area (Å²) in [5, 5.41) is 5.27. The van der Waals surface area contributed by atoms with Crippen molar-refractivity contribution in [2.45, 2.75) is 11.3 Å². The van der Waals surface area contributed by atoms with Crippen LogP contribution in [-0.4, -0.2) is 21.6 Å². The Bertz CT molecular complexity index is 832. The molecule has 0 saturated carbocycles. The largest absolute Gasteiger partial charge is 0.310 e. The summed E-state index contributed by atoms with van der Waals surface area (Å²) in [6.07, 6.45) is 1.50. The molecule has 2 aromatic heterocycles. The number of anilines is 1. The van der Waals surface area contributed by atoms with Gasteiger partial charge in [0.15, 0.2) is 4.34 Å². The molecule has 0 radical (unpaired) electrons. The third-order valence-electron chi connectivity index (χ3n) is 3.15. The van der Waals surface area contributed by atoms with Gasteiger partial charge in [0.1, 0.15) is 5.82 Å². The first kappa shape index (κ1) is 17.0. The molecular formula is C17H14ClN3OS2. The van der Waals surface area contributed by atoms with Crippen molar-refractivity contribution >= 4 is 46.4 Å². The molecule has 0 unspecified atom stereocenters. The summed E-state index contributed by atoms with van der Waals surface area (Å²) in [5.41, 5.74) is 3.23. The van der Waals surface area contributed by atoms with Gasteiger partial charge in [-0.2, -0.15) is 0 Å². The number of pyridine rings is 1. The number of aromatic nitrogens is 2. The molecule has 1 N–H and O–H groups in total. The lowest BCUT2D eigenvalue weighted by Gasteiger charge is -2.03. The number of thioether (sulfide) groups is 1. The van der Waals surface area contributed by atoms with Gasteiger partial charge in [0.2, 0.25) is 5.91 Å². The molecular weight excluding hydrogens is 362 g/mol. The van der Waals surface area contributed by atoms with Gasteiger partial charge in [0.05, 0.1) is 16.5 Å². The van der Waals surface area contributed by atoms with Gasteiger partial charge in [-0.3, -0.25) is 4.79 Å². The van der Waals surface area contributed by atoms with E-state index >= 15 is 0 Å². The highest BCUT2D eigenvalue weighted by atomic mass is 35.5. The number of nitrogens with one attached hydrogen (secondary N) is 1. The van der Waals surface area contributed by atoms with Crippen LogP contribution in [-0.2, 0) is 4.79 Å². The first-order chi connectivity index (χ1) is 11.6. The minimum Gasteiger partial charge on any atom is -0.310 e. The monoisotopic (exact) mass is 375 g/mol. The van der Waals surface area contributed by atoms with Crippen LogP contribution in [0.2, 0.25) is 5.02 Å². The Balaban J connectivity index is 1.56. The Morgan fingerprint density at radius 2 is 2.04 bits per heavy atom. The summed E-state index contributed by atoms with van der Waals surface area (Å²) in [6.45, 7) is 2.06. The molecule has 1 aromatic carbocycles. The van der Waals surface area contributed by atoms with E-state index in [1.165, 1.54) is 34.9 Å². The molecule has 0 aliphatic carbocycles. The summed E-state index contributed by atoms with van der Waals surface area (Å²) < 4.78 is 0.866. The Hall–Kier alpha value is -1.89. The van der Waals surface area contributed by atoms with Gasteiger partial charge in [-0.05, 0) is 19.1 Å². The SMILES string of the molecule is Cc1ccc(-c2csc(SCC(=O)Nc3ccc(Cl)cn3)n2)cc1. The normalized spacial score (nSPS) is 10.6. The fourth-order valence-corrected chi connectivity index (χ4v) is 3.68. The van der Waals surface area contributed by atoms with Crippen LogP contribution >= 0.6 is 34.7 Å². The van der Waals surface area contributed by atoms with Gasteiger partial charge in [0.25, 0.3) is 0 Å². The van der Waals surface area contributed by atoms with E-state index in [1.807, 2.05) is 5.38 Å². The third kappa shape index (κ3) is 4.56. The molecule has 0 fully saturated rings. The van der Waals surface area contributed by atoms with E-state index in [2.05, 4.69) is 46.5 Å². The molecule has 0 saturated heterocycles. The zero-order valence-corrected chi connectivity index (χ0v) is 15.2. The number of amides is 1. The van der Waals surface area contributed by atoms with Gasteiger partial charge in [-0.25, -0.2) is 9.97 Å². The lowest BCUT2D eigenvalue weighted by molar-refractivity contribution is -0.113. The second kappa shape index (κ2) is 7.79. The molecule has 24 heavy (non-hydrogen) atoms. The number of hydrogen-bond acceptors (Lipinski definition) is 5. The number of hydrogen-bond donors (Lipinski definition) is 1. The van der Waals surface area contributed by atoms with E-state index < -0.39 is 0 Å². The molecule has 7 heteroatoms. The number of halogens is 1. The minimum absolute atomic E-state index is 0.123. The quantitative estimate of drug-likeness (QED) is 0.644. The highest BCUT2D eigenvalue weighted by molar-refractivity contribution is 8.01. The van der Waals surface area contributed by atoms with Crippen LogP contribution in [0.5, 0.6) is 0 Å². The van der Waals surface area contributed by atoms with Gasteiger partial charge < -0.3 is 5.32 Å². The molecule has 0 bridgehead atoms. The Kier molecular flexibility index (Phi) is 5.50. The van der Waals surface area contributed by atoms with Crippen molar-refractivity contribution in [3.05, 3.63) is 58.6 Å². The Morgan fingerprint density at radius 3 is 2.75 bits per heavy atom. The lowest BCUT2D eigenvalue weighted by Crippen LogP contribution is -2.14. The van der Waals surface area contributed by atoms with E-state index in [4.69, 9.17) is 11.6 Å². The molecule has 3 rings (SSSR count). The number of benzene rings is 1. The average molecular weight is 376 g/mol. The van der Waals surface area contributed by atoms with Crippen LogP contribution in [0.3, 0.4) is 0 Å². The standard InChI is InChI=1S/C17H14ClN3OS2/c1-11-2-4-12(5-3-11)14-9-23-17(20-14)24-10-16(22)21-15-7-6-13(18)8-19-15/h2-9H,10H2,1H3,(H,19,21,22). The van der Waals surface area contributed by atoms with Gasteiger partial charge >= 0.3 is 0 Å². The van der Waals surface area contributed by atoms with Crippen molar-refractivity contribution in [2.75, 3.05) is 11.1 Å². The summed E-state index contributed by atoms with van der Waals surface area (Å²) in [4.78, 5) is 20.6. The van der Waals surface area contributed by atoms with Gasteiger partial charge in [0, 0.05) is 17.1 Å². The number of carbonyl (C=O) groups is 1. The van der Waals surface area contributed by atoms with Gasteiger partial charge in [-0.1, -0.05) is 53.2 Å². The van der Waals surface area contributed by atoms with Crippen LogP contribution in [0.15, 0.2) is 52.3 Å². The smallest absolute Gasteiger partial charge is 0.235 e. The third-order valence-corrected chi connectivity index (χ3v) is 5.40. The molecule has 1 amide bonds. The van der Waals surface area contributed by atoms with Gasteiger partial charge in [-0.15, -0.1) is 11.3 Å². The maximum atomic E-state index is 12.0. The highest BCUT2D eigenvalue weighted by Crippen LogP contribution is 2.28. The number of nitrogens with zero attached hydrogens (tertiary/aromatic N) is 2. The summed E-state index contributed by atoms with van der Waals surface area (Å²) >= 11 is 8.71. The van der Waals surface area contributed by atoms with Crippen LogP contribution in [0.25, 0.3) is 11.3 Å². The highest BCUT2D eigenvalue weighted by Gasteiger charge is 2.09. The second-order valence-electron chi connectivity index (χ2n) is 5.06. The molecule has 122 valence electrons. The minimum atomic E-state index is -0.123. The van der Waals surface area contributed by atoms with Crippen molar-refractivity contribution in [3.8, 4) is 11.3 Å². The van der Waals surface area contributed by atoms with Crippen molar-refractivity contribution in [3.63, 3.8) is 0 Å². The van der Waals surface area contributed by atoms with E-state index in [-0.39, 0.29) is 11.7 Å². The molecule has 3 aromatic rings. The fraction of sp³-hybridized carbons (Fsp3) is 0.118. The number of aryl methyl sites for hydroxylation is 1. The summed E-state index contributed by atoms with van der Waals surface area (Å²) in [5.74, 6) is 0.650. The Morgan fingerprint density at radius 1 is 1.25 bits per heavy atom. The number of rotatable bonds is 5. The number of carbonyl (C=O) groups excluding carboxylic acids is 1. The first-order valence-electron chi connectivity index (χ1n) is 7.17. The van der Waals surface area contributed by atoms with Crippen LogP contribution in [0.1, 0.15) is 5.56 Å². The first-order valence-corrected chi connectivity index (χ1v) is 9.41.